The molecule has 1 saturated heterocycles. The molecule has 1 aliphatic rings. The molecule has 0 spiro atoms. The van der Waals surface area contributed by atoms with Crippen molar-refractivity contribution in [1.29, 1.82) is 0 Å². The van der Waals surface area contributed by atoms with Gasteiger partial charge in [0.1, 0.15) is 5.70 Å². The van der Waals surface area contributed by atoms with Crippen LogP contribution < -0.4 is 16.1 Å². The van der Waals surface area contributed by atoms with Crippen LogP contribution in [0, 0.1) is 12.3 Å². The van der Waals surface area contributed by atoms with E-state index >= 15 is 0 Å². The van der Waals surface area contributed by atoms with E-state index in [9.17, 15) is 19.2 Å². The molecule has 9 heteroatoms. The lowest BCUT2D eigenvalue weighted by molar-refractivity contribution is -0.135. The monoisotopic (exact) mass is 418 g/mol. The third kappa shape index (κ3) is 4.95. The average Bonchev–Trinajstić information content (AvgIpc) is 2.79. The first-order chi connectivity index (χ1) is 14.9. The van der Waals surface area contributed by atoms with Gasteiger partial charge in [-0.25, -0.2) is 5.48 Å². The molecule has 9 nitrogen and oxygen atoms in total. The molecule has 2 aromatic rings. The van der Waals surface area contributed by atoms with Gasteiger partial charge in [-0.1, -0.05) is 18.1 Å². The van der Waals surface area contributed by atoms with Crippen LogP contribution in [0.4, 0.5) is 5.69 Å². The molecule has 4 amide bonds. The molecule has 1 aliphatic heterocycles. The Labute approximate surface area is 177 Å². The number of hydrogen-bond acceptors (Lipinski definition) is 5. The predicted octanol–water partition coefficient (Wildman–Crippen LogP) is 0.990. The Kier molecular flexibility index (Phi) is 6.45. The second-order valence-electron chi connectivity index (χ2n) is 6.49. The average molecular weight is 418 g/mol. The van der Waals surface area contributed by atoms with Crippen molar-refractivity contribution >= 4 is 35.4 Å². The highest BCUT2D eigenvalue weighted by Crippen LogP contribution is 2.16. The largest absolute Gasteiger partial charge is 0.342 e. The molecule has 0 unspecified atom stereocenters. The lowest BCUT2D eigenvalue weighted by atomic mass is 10.1. The third-order valence-corrected chi connectivity index (χ3v) is 4.46. The SMILES string of the molecule is C#CCN1C(=O)CNC(=O)/C1=C/c1ccc(C(=O)Nc2ccc(C(=O)NO)cc2)cc1. The zero-order valence-corrected chi connectivity index (χ0v) is 16.2. The summed E-state index contributed by atoms with van der Waals surface area (Å²) in [5, 5.41) is 13.8. The number of carbonyl (C=O) groups is 4. The van der Waals surface area contributed by atoms with Gasteiger partial charge in [-0.15, -0.1) is 6.42 Å². The molecule has 0 saturated carbocycles. The highest BCUT2D eigenvalue weighted by molar-refractivity contribution is 6.07. The topological polar surface area (TPSA) is 128 Å². The van der Waals surface area contributed by atoms with Gasteiger partial charge < -0.3 is 10.6 Å². The summed E-state index contributed by atoms with van der Waals surface area (Å²) < 4.78 is 0. The Morgan fingerprint density at radius 3 is 2.29 bits per heavy atom. The number of nitrogens with one attached hydrogen (secondary N) is 3. The molecule has 1 fully saturated rings. The van der Waals surface area contributed by atoms with Gasteiger partial charge in [0, 0.05) is 16.8 Å². The Morgan fingerprint density at radius 1 is 1.06 bits per heavy atom. The zero-order valence-electron chi connectivity index (χ0n) is 16.2. The van der Waals surface area contributed by atoms with E-state index in [4.69, 9.17) is 11.6 Å². The van der Waals surface area contributed by atoms with Crippen LogP contribution >= 0.6 is 0 Å². The van der Waals surface area contributed by atoms with Crippen molar-refractivity contribution < 1.29 is 24.4 Å². The van der Waals surface area contributed by atoms with Crippen molar-refractivity contribution in [2.24, 2.45) is 0 Å². The summed E-state index contributed by atoms with van der Waals surface area (Å²) in [6, 6.07) is 12.4. The molecule has 0 aromatic heterocycles. The second-order valence-corrected chi connectivity index (χ2v) is 6.49. The van der Waals surface area contributed by atoms with Crippen molar-refractivity contribution in [1.82, 2.24) is 15.7 Å². The standard InChI is InChI=1S/C22H18N4O5/c1-2-11-26-18(22(30)23-13-19(26)27)12-14-3-5-15(6-4-14)20(28)24-17-9-7-16(8-10-17)21(29)25-31/h1,3-10,12,31H,11,13H2,(H,23,30)(H,24,28)(H,25,29)/b18-12-. The van der Waals surface area contributed by atoms with Gasteiger partial charge in [-0.2, -0.15) is 0 Å². The van der Waals surface area contributed by atoms with Gasteiger partial charge in [0.25, 0.3) is 17.7 Å². The first-order valence-corrected chi connectivity index (χ1v) is 9.12. The minimum atomic E-state index is -0.656. The quantitative estimate of drug-likeness (QED) is 0.249. The van der Waals surface area contributed by atoms with Gasteiger partial charge in [0.2, 0.25) is 5.91 Å². The lowest BCUT2D eigenvalue weighted by Gasteiger charge is -2.27. The number of nitrogens with zero attached hydrogens (tertiary/aromatic N) is 1. The molecule has 0 radical (unpaired) electrons. The van der Waals surface area contributed by atoms with E-state index in [0.29, 0.717) is 16.8 Å². The van der Waals surface area contributed by atoms with Crippen LogP contribution in [0.15, 0.2) is 54.2 Å². The molecule has 0 atom stereocenters. The third-order valence-electron chi connectivity index (χ3n) is 4.46. The normalized spacial score (nSPS) is 14.6. The van der Waals surface area contributed by atoms with Crippen LogP contribution in [0.3, 0.4) is 0 Å². The molecule has 2 aromatic carbocycles. The number of piperazine rings is 1. The summed E-state index contributed by atoms with van der Waals surface area (Å²) in [4.78, 5) is 49.2. The second kappa shape index (κ2) is 9.39. The van der Waals surface area contributed by atoms with Gasteiger partial charge in [0.15, 0.2) is 0 Å². The van der Waals surface area contributed by atoms with Crippen LogP contribution in [-0.4, -0.2) is 46.8 Å². The Morgan fingerprint density at radius 2 is 1.68 bits per heavy atom. The fourth-order valence-electron chi connectivity index (χ4n) is 2.87. The van der Waals surface area contributed by atoms with E-state index < -0.39 is 11.8 Å². The summed E-state index contributed by atoms with van der Waals surface area (Å²) >= 11 is 0. The Balaban J connectivity index is 1.73. The van der Waals surface area contributed by atoms with E-state index in [2.05, 4.69) is 16.6 Å². The van der Waals surface area contributed by atoms with Crippen molar-refractivity contribution in [2.75, 3.05) is 18.4 Å². The fourth-order valence-corrected chi connectivity index (χ4v) is 2.87. The summed E-state index contributed by atoms with van der Waals surface area (Å²) in [7, 11) is 0. The van der Waals surface area contributed by atoms with Crippen LogP contribution in [0.1, 0.15) is 26.3 Å². The number of rotatable bonds is 5. The van der Waals surface area contributed by atoms with E-state index in [-0.39, 0.29) is 36.2 Å². The summed E-state index contributed by atoms with van der Waals surface area (Å²) in [6.45, 7) is -0.125. The van der Waals surface area contributed by atoms with Crippen molar-refractivity contribution in [3.05, 3.63) is 70.9 Å². The summed E-state index contributed by atoms with van der Waals surface area (Å²) in [5.74, 6) is 0.618. The number of amides is 4. The Bertz CT molecular complexity index is 1100. The highest BCUT2D eigenvalue weighted by atomic mass is 16.5. The number of carbonyl (C=O) groups excluding carboxylic acids is 4. The first-order valence-electron chi connectivity index (χ1n) is 9.12. The fraction of sp³-hybridized carbons (Fsp3) is 0.0909. The molecule has 31 heavy (non-hydrogen) atoms. The predicted molar refractivity (Wildman–Crippen MR) is 112 cm³/mol. The number of benzene rings is 2. The summed E-state index contributed by atoms with van der Waals surface area (Å²) in [5.41, 5.74) is 3.34. The van der Waals surface area contributed by atoms with Gasteiger partial charge >= 0.3 is 0 Å². The number of hydroxylamine groups is 1. The van der Waals surface area contributed by atoms with Gasteiger partial charge in [0.05, 0.1) is 13.1 Å². The van der Waals surface area contributed by atoms with E-state index in [1.807, 2.05) is 0 Å². The first kappa shape index (κ1) is 21.3. The number of hydrogen-bond donors (Lipinski definition) is 4. The molecule has 4 N–H and O–H groups in total. The molecule has 0 aliphatic carbocycles. The van der Waals surface area contributed by atoms with Crippen LogP contribution in [0.2, 0.25) is 0 Å². The van der Waals surface area contributed by atoms with E-state index in [0.717, 1.165) is 0 Å². The molecule has 1 heterocycles. The maximum absolute atomic E-state index is 12.4. The van der Waals surface area contributed by atoms with Crippen molar-refractivity contribution in [2.45, 2.75) is 0 Å². The lowest BCUT2D eigenvalue weighted by Crippen LogP contribution is -2.49. The van der Waals surface area contributed by atoms with Gasteiger partial charge in [-0.05, 0) is 48.0 Å². The molecular weight excluding hydrogens is 400 g/mol. The zero-order chi connectivity index (χ0) is 22.4. The molecule has 0 bridgehead atoms. The maximum Gasteiger partial charge on any atom is 0.274 e. The van der Waals surface area contributed by atoms with Gasteiger partial charge in [-0.3, -0.25) is 29.3 Å². The molecule has 3 rings (SSSR count). The number of terminal acetylenes is 1. The minimum Gasteiger partial charge on any atom is -0.342 e. The molecular formula is C22H18N4O5. The molecule has 156 valence electrons. The maximum atomic E-state index is 12.4. The van der Waals surface area contributed by atoms with E-state index in [1.165, 1.54) is 40.7 Å². The van der Waals surface area contributed by atoms with Crippen LogP contribution in [0.25, 0.3) is 6.08 Å². The Hall–Kier alpha value is -4.42. The van der Waals surface area contributed by atoms with E-state index in [1.54, 1.807) is 24.3 Å². The number of anilines is 1. The van der Waals surface area contributed by atoms with Crippen LogP contribution in [0.5, 0.6) is 0 Å². The van der Waals surface area contributed by atoms with Crippen molar-refractivity contribution in [3.8, 4) is 12.3 Å². The van der Waals surface area contributed by atoms with Crippen molar-refractivity contribution in [3.63, 3.8) is 0 Å². The highest BCUT2D eigenvalue weighted by Gasteiger charge is 2.28. The smallest absolute Gasteiger partial charge is 0.274 e. The minimum absolute atomic E-state index is 0.0165. The van der Waals surface area contributed by atoms with Crippen LogP contribution in [-0.2, 0) is 9.59 Å². The summed E-state index contributed by atoms with van der Waals surface area (Å²) in [6.07, 6.45) is 6.82.